The summed E-state index contributed by atoms with van der Waals surface area (Å²) in [5.74, 6) is 1.82. The van der Waals surface area contributed by atoms with Crippen molar-refractivity contribution in [2.75, 3.05) is 26.7 Å². The van der Waals surface area contributed by atoms with E-state index in [1.807, 2.05) is 17.5 Å². The third-order valence-electron chi connectivity index (χ3n) is 4.46. The molecule has 1 saturated heterocycles. The van der Waals surface area contributed by atoms with Crippen molar-refractivity contribution in [3.05, 3.63) is 40.2 Å². The van der Waals surface area contributed by atoms with Crippen LogP contribution in [0.3, 0.4) is 0 Å². The summed E-state index contributed by atoms with van der Waals surface area (Å²) in [6.07, 6.45) is 5.18. The van der Waals surface area contributed by atoms with Gasteiger partial charge in [-0.1, -0.05) is 13.0 Å². The number of oxazole rings is 1. The minimum Gasteiger partial charge on any atom is -0.444 e. The zero-order valence-electron chi connectivity index (χ0n) is 13.5. The van der Waals surface area contributed by atoms with Crippen LogP contribution in [0.1, 0.15) is 29.9 Å². The molecular weight excluding hydrogens is 294 g/mol. The average Bonchev–Trinajstić information content (AvgIpc) is 3.26. The molecule has 1 atom stereocenters. The Bertz CT molecular complexity index is 566. The first kappa shape index (κ1) is 15.7. The van der Waals surface area contributed by atoms with Gasteiger partial charge in [-0.3, -0.25) is 4.90 Å². The molecule has 2 aromatic rings. The smallest absolute Gasteiger partial charge is 0.208 e. The molecule has 0 aliphatic carbocycles. The van der Waals surface area contributed by atoms with Crippen molar-refractivity contribution in [1.29, 1.82) is 0 Å². The summed E-state index contributed by atoms with van der Waals surface area (Å²) < 4.78 is 5.72. The lowest BCUT2D eigenvalue weighted by Crippen LogP contribution is -2.34. The molecule has 0 amide bonds. The second-order valence-corrected chi connectivity index (χ2v) is 7.09. The Morgan fingerprint density at radius 1 is 1.50 bits per heavy atom. The summed E-state index contributed by atoms with van der Waals surface area (Å²) in [7, 11) is 2.18. The first-order valence-corrected chi connectivity index (χ1v) is 9.01. The fourth-order valence-corrected chi connectivity index (χ4v) is 3.72. The number of likely N-dealkylation sites (N-methyl/N-ethyl adjacent to an activating group) is 1. The van der Waals surface area contributed by atoms with E-state index in [9.17, 15) is 0 Å². The van der Waals surface area contributed by atoms with Crippen molar-refractivity contribution in [2.24, 2.45) is 0 Å². The number of hydrogen-bond acceptors (Lipinski definition) is 5. The van der Waals surface area contributed by atoms with Crippen molar-refractivity contribution in [2.45, 2.75) is 38.8 Å². The minimum atomic E-state index is 0.611. The Hall–Kier alpha value is -1.17. The van der Waals surface area contributed by atoms with Crippen LogP contribution in [0.15, 0.2) is 28.1 Å². The Labute approximate surface area is 136 Å². The molecule has 120 valence electrons. The number of aromatic nitrogens is 1. The lowest BCUT2D eigenvalue weighted by molar-refractivity contribution is 0.206. The van der Waals surface area contributed by atoms with E-state index in [1.54, 1.807) is 0 Å². The number of thiophene rings is 1. The average molecular weight is 319 g/mol. The fourth-order valence-electron chi connectivity index (χ4n) is 3.03. The van der Waals surface area contributed by atoms with Gasteiger partial charge in [0.05, 0.1) is 12.7 Å². The van der Waals surface area contributed by atoms with Gasteiger partial charge in [0, 0.05) is 30.4 Å². The highest BCUT2D eigenvalue weighted by atomic mass is 32.1. The summed E-state index contributed by atoms with van der Waals surface area (Å²) in [6.45, 7) is 6.43. The van der Waals surface area contributed by atoms with Gasteiger partial charge in [-0.25, -0.2) is 4.98 Å². The number of nitrogens with zero attached hydrogens (tertiary/aromatic N) is 3. The maximum atomic E-state index is 5.72. The van der Waals surface area contributed by atoms with Crippen LogP contribution in [0.2, 0.25) is 0 Å². The fraction of sp³-hybridized carbons (Fsp3) is 0.588. The molecule has 3 heterocycles. The molecule has 0 saturated carbocycles. The highest BCUT2D eigenvalue weighted by Crippen LogP contribution is 2.18. The van der Waals surface area contributed by atoms with Gasteiger partial charge in [0.2, 0.25) is 5.89 Å². The van der Waals surface area contributed by atoms with E-state index < -0.39 is 0 Å². The topological polar surface area (TPSA) is 32.5 Å². The van der Waals surface area contributed by atoms with E-state index in [0.717, 1.165) is 31.2 Å². The number of aryl methyl sites for hydroxylation is 1. The highest BCUT2D eigenvalue weighted by Gasteiger charge is 2.26. The van der Waals surface area contributed by atoms with Crippen LogP contribution in [0.25, 0.3) is 0 Å². The van der Waals surface area contributed by atoms with Gasteiger partial charge in [-0.05, 0) is 37.9 Å². The van der Waals surface area contributed by atoms with Crippen molar-refractivity contribution in [1.82, 2.24) is 14.8 Å². The number of likely N-dealkylation sites (tertiary alicyclic amines) is 1. The van der Waals surface area contributed by atoms with Gasteiger partial charge in [-0.2, -0.15) is 0 Å². The van der Waals surface area contributed by atoms with Gasteiger partial charge < -0.3 is 9.32 Å². The van der Waals surface area contributed by atoms with E-state index >= 15 is 0 Å². The number of hydrogen-bond donors (Lipinski definition) is 0. The van der Waals surface area contributed by atoms with E-state index in [0.29, 0.717) is 6.04 Å². The molecule has 0 spiro atoms. The molecule has 0 N–H and O–H groups in total. The van der Waals surface area contributed by atoms with Crippen molar-refractivity contribution < 1.29 is 4.42 Å². The monoisotopic (exact) mass is 319 g/mol. The quantitative estimate of drug-likeness (QED) is 0.785. The predicted octanol–water partition coefficient (Wildman–Crippen LogP) is 3.05. The number of rotatable bonds is 7. The molecule has 1 fully saturated rings. The highest BCUT2D eigenvalue weighted by molar-refractivity contribution is 7.09. The summed E-state index contributed by atoms with van der Waals surface area (Å²) >= 11 is 1.86. The molecule has 1 unspecified atom stereocenters. The zero-order valence-corrected chi connectivity index (χ0v) is 14.3. The van der Waals surface area contributed by atoms with Crippen LogP contribution in [0.4, 0.5) is 0 Å². The molecule has 1 aliphatic rings. The summed E-state index contributed by atoms with van der Waals surface area (Å²) in [5, 5.41) is 2.16. The molecule has 1 aliphatic heterocycles. The van der Waals surface area contributed by atoms with Crippen LogP contribution >= 0.6 is 11.3 Å². The van der Waals surface area contributed by atoms with Crippen molar-refractivity contribution >= 4 is 11.3 Å². The first-order valence-electron chi connectivity index (χ1n) is 8.13. The van der Waals surface area contributed by atoms with Crippen LogP contribution in [0.5, 0.6) is 0 Å². The molecular formula is C17H25N3OS. The van der Waals surface area contributed by atoms with Crippen LogP contribution in [-0.4, -0.2) is 47.5 Å². The molecule has 5 heteroatoms. The second kappa shape index (κ2) is 7.40. The van der Waals surface area contributed by atoms with Crippen LogP contribution in [-0.2, 0) is 19.4 Å². The van der Waals surface area contributed by atoms with E-state index in [2.05, 4.69) is 46.3 Å². The lowest BCUT2D eigenvalue weighted by Gasteiger charge is -2.23. The summed E-state index contributed by atoms with van der Waals surface area (Å²) in [5.41, 5.74) is 0. The normalized spacial score (nSPS) is 19.3. The minimum absolute atomic E-state index is 0.611. The van der Waals surface area contributed by atoms with E-state index in [-0.39, 0.29) is 0 Å². The molecule has 2 aromatic heterocycles. The SMILES string of the molecule is CCc1cnc(CN(C)C2CCN(CCc3cccs3)C2)o1. The van der Waals surface area contributed by atoms with Gasteiger partial charge >= 0.3 is 0 Å². The van der Waals surface area contributed by atoms with Crippen LogP contribution < -0.4 is 0 Å². The standard InChI is InChI=1S/C17H25N3OS/c1-3-15-11-18-17(21-15)13-19(2)14-6-8-20(12-14)9-7-16-5-4-10-22-16/h4-5,10-11,14H,3,6-9,12-13H2,1-2H3. The molecule has 22 heavy (non-hydrogen) atoms. The molecule has 3 rings (SSSR count). The summed E-state index contributed by atoms with van der Waals surface area (Å²) in [6, 6.07) is 4.99. The van der Waals surface area contributed by atoms with Crippen molar-refractivity contribution in [3.63, 3.8) is 0 Å². The lowest BCUT2D eigenvalue weighted by atomic mass is 10.2. The van der Waals surface area contributed by atoms with Gasteiger partial charge in [0.1, 0.15) is 5.76 Å². The van der Waals surface area contributed by atoms with Gasteiger partial charge in [0.15, 0.2) is 0 Å². The third kappa shape index (κ3) is 3.97. The maximum absolute atomic E-state index is 5.72. The molecule has 0 aromatic carbocycles. The Morgan fingerprint density at radius 3 is 3.14 bits per heavy atom. The Kier molecular flexibility index (Phi) is 5.28. The molecule has 0 bridgehead atoms. The van der Waals surface area contributed by atoms with Crippen molar-refractivity contribution in [3.8, 4) is 0 Å². The second-order valence-electron chi connectivity index (χ2n) is 6.06. The van der Waals surface area contributed by atoms with E-state index in [4.69, 9.17) is 4.42 Å². The Morgan fingerprint density at radius 2 is 2.41 bits per heavy atom. The van der Waals surface area contributed by atoms with E-state index in [1.165, 1.54) is 30.8 Å². The Balaban J connectivity index is 1.45. The largest absolute Gasteiger partial charge is 0.444 e. The third-order valence-corrected chi connectivity index (χ3v) is 5.40. The van der Waals surface area contributed by atoms with Gasteiger partial charge in [0.25, 0.3) is 0 Å². The van der Waals surface area contributed by atoms with Crippen LogP contribution in [0, 0.1) is 0 Å². The zero-order chi connectivity index (χ0) is 15.4. The first-order chi connectivity index (χ1) is 10.7. The van der Waals surface area contributed by atoms with Gasteiger partial charge in [-0.15, -0.1) is 11.3 Å². The molecule has 0 radical (unpaired) electrons. The maximum Gasteiger partial charge on any atom is 0.208 e. The molecule has 4 nitrogen and oxygen atoms in total. The summed E-state index contributed by atoms with van der Waals surface area (Å²) in [4.78, 5) is 10.8. The predicted molar refractivity (Wildman–Crippen MR) is 90.2 cm³/mol.